The predicted octanol–water partition coefficient (Wildman–Crippen LogP) is 3.95. The summed E-state index contributed by atoms with van der Waals surface area (Å²) in [4.78, 5) is 25.2. The standard InChI is InChI=1S/C25H30F2N4O3/c1-25(2)11-18-20(19(32)12-25)17(9-13-3-4-13)30-31(18)23-16(26)10-15(24(28)33)22(21(23)27)29-14-5-7-34-8-6-14/h10,13-14,29H,3-9,11-12H2,1-2H3,(H2,28,33). The van der Waals surface area contributed by atoms with Gasteiger partial charge in [-0.05, 0) is 55.9 Å². The van der Waals surface area contributed by atoms with E-state index in [0.29, 0.717) is 68.2 Å². The maximum Gasteiger partial charge on any atom is 0.251 e. The number of fused-ring (bicyclic) bond motifs is 1. The van der Waals surface area contributed by atoms with Crippen LogP contribution in [0.15, 0.2) is 6.07 Å². The third-order valence-electron chi connectivity index (χ3n) is 7.04. The van der Waals surface area contributed by atoms with Crippen LogP contribution in [0.25, 0.3) is 5.69 Å². The second-order valence-electron chi connectivity index (χ2n) is 10.6. The van der Waals surface area contributed by atoms with Crippen LogP contribution in [0.3, 0.4) is 0 Å². The number of amides is 1. The van der Waals surface area contributed by atoms with Gasteiger partial charge in [0.2, 0.25) is 0 Å². The zero-order chi connectivity index (χ0) is 24.2. The molecule has 9 heteroatoms. The summed E-state index contributed by atoms with van der Waals surface area (Å²) in [5.41, 5.74) is 5.98. The molecule has 2 fully saturated rings. The lowest BCUT2D eigenvalue weighted by Gasteiger charge is -2.29. The Kier molecular flexibility index (Phi) is 5.70. The van der Waals surface area contributed by atoms with E-state index in [1.54, 1.807) is 0 Å². The largest absolute Gasteiger partial charge is 0.381 e. The minimum Gasteiger partial charge on any atom is -0.381 e. The fourth-order valence-corrected chi connectivity index (χ4v) is 5.14. The van der Waals surface area contributed by atoms with E-state index in [9.17, 15) is 9.59 Å². The number of nitrogens with one attached hydrogen (secondary N) is 1. The topological polar surface area (TPSA) is 99.2 Å². The summed E-state index contributed by atoms with van der Waals surface area (Å²) < 4.78 is 38.1. The first-order valence-electron chi connectivity index (χ1n) is 11.9. The van der Waals surface area contributed by atoms with Crippen LogP contribution in [0.2, 0.25) is 0 Å². The number of Topliss-reactive ketones (excluding diaryl/α,β-unsaturated/α-hetero) is 1. The number of hydrogen-bond donors (Lipinski definition) is 2. The number of anilines is 1. The molecule has 5 rings (SSSR count). The number of carbonyl (C=O) groups is 2. The number of carbonyl (C=O) groups excluding carboxylic acids is 2. The van der Waals surface area contributed by atoms with Crippen molar-refractivity contribution in [1.29, 1.82) is 0 Å². The first-order valence-corrected chi connectivity index (χ1v) is 11.9. The van der Waals surface area contributed by atoms with E-state index in [0.717, 1.165) is 18.9 Å². The summed E-state index contributed by atoms with van der Waals surface area (Å²) in [6.07, 6.45) is 4.83. The third-order valence-corrected chi connectivity index (χ3v) is 7.04. The van der Waals surface area contributed by atoms with Gasteiger partial charge in [-0.2, -0.15) is 5.10 Å². The van der Waals surface area contributed by atoms with E-state index in [2.05, 4.69) is 10.4 Å². The number of hydrogen-bond acceptors (Lipinski definition) is 5. The summed E-state index contributed by atoms with van der Waals surface area (Å²) in [6.45, 7) is 4.95. The van der Waals surface area contributed by atoms with Crippen molar-refractivity contribution in [2.24, 2.45) is 17.1 Å². The summed E-state index contributed by atoms with van der Waals surface area (Å²) in [5.74, 6) is -2.38. The second kappa shape index (κ2) is 8.45. The molecule has 2 aromatic rings. The lowest BCUT2D eigenvalue weighted by molar-refractivity contribution is 0.0901. The fourth-order valence-electron chi connectivity index (χ4n) is 5.14. The van der Waals surface area contributed by atoms with Crippen molar-refractivity contribution in [3.63, 3.8) is 0 Å². The fraction of sp³-hybridized carbons (Fsp3) is 0.560. The van der Waals surface area contributed by atoms with Crippen molar-refractivity contribution in [2.75, 3.05) is 18.5 Å². The molecule has 1 amide bonds. The number of ether oxygens (including phenoxy) is 1. The molecule has 1 saturated carbocycles. The van der Waals surface area contributed by atoms with E-state index in [4.69, 9.17) is 10.5 Å². The second-order valence-corrected chi connectivity index (χ2v) is 10.6. The molecule has 1 aliphatic heterocycles. The highest BCUT2D eigenvalue weighted by molar-refractivity contribution is 6.00. The SMILES string of the molecule is CC1(C)CC(=O)c2c(CC3CC3)nn(-c3c(F)cc(C(N)=O)c(NC4CCOCC4)c3F)c2C1. The molecule has 1 aromatic heterocycles. The quantitative estimate of drug-likeness (QED) is 0.663. The van der Waals surface area contributed by atoms with Gasteiger partial charge in [0.05, 0.1) is 28.2 Å². The maximum absolute atomic E-state index is 16.1. The predicted molar refractivity (Wildman–Crippen MR) is 122 cm³/mol. The Balaban J connectivity index is 1.67. The van der Waals surface area contributed by atoms with Gasteiger partial charge in [0, 0.05) is 25.7 Å². The van der Waals surface area contributed by atoms with E-state index < -0.39 is 17.5 Å². The molecule has 1 aromatic carbocycles. The molecule has 2 aliphatic carbocycles. The molecule has 0 unspecified atom stereocenters. The van der Waals surface area contributed by atoms with Crippen molar-refractivity contribution < 1.29 is 23.1 Å². The van der Waals surface area contributed by atoms with Crippen molar-refractivity contribution in [2.45, 2.75) is 64.8 Å². The molecule has 2 heterocycles. The van der Waals surface area contributed by atoms with Crippen molar-refractivity contribution >= 4 is 17.4 Å². The van der Waals surface area contributed by atoms with Gasteiger partial charge in [-0.15, -0.1) is 0 Å². The van der Waals surface area contributed by atoms with Gasteiger partial charge in [-0.25, -0.2) is 13.5 Å². The normalized spacial score (nSPS) is 20.3. The average Bonchev–Trinajstić information content (AvgIpc) is 3.51. The summed E-state index contributed by atoms with van der Waals surface area (Å²) in [5, 5.41) is 7.65. The Morgan fingerprint density at radius 3 is 2.59 bits per heavy atom. The molecule has 0 radical (unpaired) electrons. The Bertz CT molecular complexity index is 1160. The minimum absolute atomic E-state index is 0.0386. The molecule has 0 atom stereocenters. The van der Waals surface area contributed by atoms with Gasteiger partial charge in [-0.1, -0.05) is 13.8 Å². The molecule has 3 N–H and O–H groups in total. The van der Waals surface area contributed by atoms with E-state index in [1.165, 1.54) is 4.68 Å². The number of primary amides is 1. The molecule has 182 valence electrons. The first-order chi connectivity index (χ1) is 16.1. The summed E-state index contributed by atoms with van der Waals surface area (Å²) >= 11 is 0. The van der Waals surface area contributed by atoms with Crippen LogP contribution in [-0.2, 0) is 17.6 Å². The van der Waals surface area contributed by atoms with Crippen LogP contribution in [-0.4, -0.2) is 40.7 Å². The summed E-state index contributed by atoms with van der Waals surface area (Å²) in [7, 11) is 0. The Hall–Kier alpha value is -2.81. The highest BCUT2D eigenvalue weighted by atomic mass is 19.1. The van der Waals surface area contributed by atoms with Crippen LogP contribution in [0.1, 0.15) is 78.1 Å². The molecule has 1 saturated heterocycles. The van der Waals surface area contributed by atoms with E-state index in [1.807, 2.05) is 13.8 Å². The molecular formula is C25H30F2N4O3. The van der Waals surface area contributed by atoms with Crippen LogP contribution in [0, 0.1) is 23.0 Å². The third kappa shape index (κ3) is 4.21. The zero-order valence-electron chi connectivity index (χ0n) is 19.5. The summed E-state index contributed by atoms with van der Waals surface area (Å²) in [6, 6.07) is 0.824. The monoisotopic (exact) mass is 472 g/mol. The van der Waals surface area contributed by atoms with Gasteiger partial charge in [-0.3, -0.25) is 9.59 Å². The van der Waals surface area contributed by atoms with Crippen LogP contribution >= 0.6 is 0 Å². The van der Waals surface area contributed by atoms with Crippen molar-refractivity contribution in [3.8, 4) is 5.69 Å². The van der Waals surface area contributed by atoms with E-state index in [-0.39, 0.29) is 34.2 Å². The first kappa shape index (κ1) is 23.0. The number of aromatic nitrogens is 2. The zero-order valence-corrected chi connectivity index (χ0v) is 19.5. The number of ketones is 1. The highest BCUT2D eigenvalue weighted by Gasteiger charge is 2.39. The Morgan fingerprint density at radius 2 is 1.94 bits per heavy atom. The lowest BCUT2D eigenvalue weighted by atomic mass is 9.75. The smallest absolute Gasteiger partial charge is 0.251 e. The van der Waals surface area contributed by atoms with Crippen LogP contribution < -0.4 is 11.1 Å². The van der Waals surface area contributed by atoms with Gasteiger partial charge in [0.25, 0.3) is 5.91 Å². The molecule has 0 bridgehead atoms. The molecule has 3 aliphatic rings. The van der Waals surface area contributed by atoms with Gasteiger partial charge in [0.15, 0.2) is 17.4 Å². The molecular weight excluding hydrogens is 442 g/mol. The maximum atomic E-state index is 16.1. The average molecular weight is 473 g/mol. The Labute approximate surface area is 197 Å². The van der Waals surface area contributed by atoms with Crippen LogP contribution in [0.5, 0.6) is 0 Å². The van der Waals surface area contributed by atoms with Crippen molar-refractivity contribution in [3.05, 3.63) is 40.2 Å². The highest BCUT2D eigenvalue weighted by Crippen LogP contribution is 2.41. The lowest BCUT2D eigenvalue weighted by Crippen LogP contribution is -2.30. The number of nitrogens with two attached hydrogens (primary N) is 1. The Morgan fingerprint density at radius 1 is 1.24 bits per heavy atom. The minimum atomic E-state index is -0.942. The van der Waals surface area contributed by atoms with Gasteiger partial charge in [0.1, 0.15) is 5.69 Å². The number of nitrogens with zero attached hydrogens (tertiary/aromatic N) is 2. The van der Waals surface area contributed by atoms with Gasteiger partial charge < -0.3 is 15.8 Å². The van der Waals surface area contributed by atoms with Crippen LogP contribution in [0.4, 0.5) is 14.5 Å². The molecule has 0 spiro atoms. The molecule has 34 heavy (non-hydrogen) atoms. The number of rotatable bonds is 6. The number of halogens is 2. The number of benzene rings is 1. The molecule has 7 nitrogen and oxygen atoms in total. The van der Waals surface area contributed by atoms with E-state index >= 15 is 8.78 Å². The van der Waals surface area contributed by atoms with Gasteiger partial charge >= 0.3 is 0 Å². The van der Waals surface area contributed by atoms with Crippen molar-refractivity contribution in [1.82, 2.24) is 9.78 Å².